The zero-order valence-corrected chi connectivity index (χ0v) is 7.92. The van der Waals surface area contributed by atoms with Gasteiger partial charge in [0.05, 0.1) is 11.4 Å². The molecule has 66 valence electrons. The van der Waals surface area contributed by atoms with Crippen molar-refractivity contribution >= 4 is 5.95 Å². The highest BCUT2D eigenvalue weighted by Gasteiger charge is 2.01. The van der Waals surface area contributed by atoms with Crippen LogP contribution in [0.5, 0.6) is 0 Å². The van der Waals surface area contributed by atoms with E-state index < -0.39 is 0 Å². The Morgan fingerprint density at radius 1 is 1.08 bits per heavy atom. The third-order valence-corrected chi connectivity index (χ3v) is 1.51. The van der Waals surface area contributed by atoms with Gasteiger partial charge in [-0.2, -0.15) is 5.10 Å². The summed E-state index contributed by atoms with van der Waals surface area (Å²) in [6.07, 6.45) is 0. The second-order valence-electron chi connectivity index (χ2n) is 3.11. The van der Waals surface area contributed by atoms with Crippen molar-refractivity contribution in [1.29, 1.82) is 0 Å². The predicted octanol–water partition coefficient (Wildman–Crippen LogP) is 1.31. The first-order chi connectivity index (χ1) is 5.59. The van der Waals surface area contributed by atoms with E-state index in [2.05, 4.69) is 20.5 Å². The topological polar surface area (TPSA) is 50.7 Å². The number of rotatable bonds is 2. The van der Waals surface area contributed by atoms with E-state index in [1.165, 1.54) is 0 Å². The number of hydrogen-bond acceptors (Lipinski definition) is 4. The van der Waals surface area contributed by atoms with Crippen molar-refractivity contribution in [3.05, 3.63) is 11.4 Å². The Kier molecular flexibility index (Phi) is 2.58. The van der Waals surface area contributed by atoms with Crippen LogP contribution in [-0.2, 0) is 0 Å². The van der Waals surface area contributed by atoms with Crippen LogP contribution in [0.2, 0.25) is 0 Å². The summed E-state index contributed by atoms with van der Waals surface area (Å²) < 4.78 is 0. The monoisotopic (exact) mass is 166 g/mol. The maximum atomic E-state index is 4.23. The molecule has 12 heavy (non-hydrogen) atoms. The van der Waals surface area contributed by atoms with Gasteiger partial charge in [0.2, 0.25) is 5.95 Å². The summed E-state index contributed by atoms with van der Waals surface area (Å²) in [7, 11) is 0. The molecule has 0 aromatic carbocycles. The average Bonchev–Trinajstić information content (AvgIpc) is 1.96. The number of nitrogens with zero attached hydrogens (tertiary/aromatic N) is 3. The summed E-state index contributed by atoms with van der Waals surface area (Å²) in [5, 5.41) is 11.0. The lowest BCUT2D eigenvalue weighted by Gasteiger charge is -2.07. The Balaban J connectivity index is 2.82. The summed E-state index contributed by atoms with van der Waals surface area (Å²) >= 11 is 0. The molecule has 1 rings (SSSR count). The molecule has 0 saturated carbocycles. The molecule has 0 saturated heterocycles. The molecular weight excluding hydrogens is 152 g/mol. The first-order valence-corrected chi connectivity index (χ1v) is 4.04. The SMILES string of the molecule is Cc1nnc(NC(C)C)nc1C. The van der Waals surface area contributed by atoms with Crippen LogP contribution < -0.4 is 5.32 Å². The van der Waals surface area contributed by atoms with Crippen molar-refractivity contribution in [2.24, 2.45) is 0 Å². The molecule has 0 aliphatic carbocycles. The maximum Gasteiger partial charge on any atom is 0.243 e. The average molecular weight is 166 g/mol. The van der Waals surface area contributed by atoms with Gasteiger partial charge in [-0.3, -0.25) is 0 Å². The standard InChI is InChI=1S/C8H14N4/c1-5(2)9-8-10-6(3)7(4)11-12-8/h5H,1-4H3,(H,9,10,12). The van der Waals surface area contributed by atoms with Crippen LogP contribution in [0.1, 0.15) is 25.2 Å². The minimum Gasteiger partial charge on any atom is -0.351 e. The maximum absolute atomic E-state index is 4.23. The van der Waals surface area contributed by atoms with E-state index in [-0.39, 0.29) is 0 Å². The molecule has 1 aromatic heterocycles. The van der Waals surface area contributed by atoms with Crippen molar-refractivity contribution in [3.63, 3.8) is 0 Å². The number of hydrogen-bond donors (Lipinski definition) is 1. The lowest BCUT2D eigenvalue weighted by molar-refractivity contribution is 0.829. The molecule has 1 N–H and O–H groups in total. The van der Waals surface area contributed by atoms with Crippen molar-refractivity contribution < 1.29 is 0 Å². The van der Waals surface area contributed by atoms with E-state index in [1.807, 2.05) is 27.7 Å². The van der Waals surface area contributed by atoms with Gasteiger partial charge in [0, 0.05) is 6.04 Å². The molecule has 4 heteroatoms. The van der Waals surface area contributed by atoms with Gasteiger partial charge in [-0.25, -0.2) is 4.98 Å². The zero-order chi connectivity index (χ0) is 9.14. The second-order valence-corrected chi connectivity index (χ2v) is 3.11. The van der Waals surface area contributed by atoms with Crippen LogP contribution in [0.3, 0.4) is 0 Å². The fourth-order valence-electron chi connectivity index (χ4n) is 0.776. The molecule has 1 heterocycles. The van der Waals surface area contributed by atoms with Crippen molar-refractivity contribution in [1.82, 2.24) is 15.2 Å². The van der Waals surface area contributed by atoms with Gasteiger partial charge < -0.3 is 5.32 Å². The Labute approximate surface area is 72.4 Å². The van der Waals surface area contributed by atoms with E-state index in [0.29, 0.717) is 12.0 Å². The quantitative estimate of drug-likeness (QED) is 0.719. The lowest BCUT2D eigenvalue weighted by atomic mass is 10.4. The molecule has 0 atom stereocenters. The first kappa shape index (κ1) is 8.90. The highest BCUT2D eigenvalue weighted by Crippen LogP contribution is 2.02. The van der Waals surface area contributed by atoms with Crippen LogP contribution in [0.15, 0.2) is 0 Å². The molecule has 4 nitrogen and oxygen atoms in total. The van der Waals surface area contributed by atoms with Crippen molar-refractivity contribution in [2.45, 2.75) is 33.7 Å². The largest absolute Gasteiger partial charge is 0.351 e. The Bertz CT molecular complexity index is 270. The van der Waals surface area contributed by atoms with Gasteiger partial charge in [-0.15, -0.1) is 5.10 Å². The fraction of sp³-hybridized carbons (Fsp3) is 0.625. The summed E-state index contributed by atoms with van der Waals surface area (Å²) in [6.45, 7) is 7.90. The first-order valence-electron chi connectivity index (χ1n) is 4.04. The van der Waals surface area contributed by atoms with Gasteiger partial charge in [0.1, 0.15) is 0 Å². The van der Waals surface area contributed by atoms with Crippen LogP contribution in [0.4, 0.5) is 5.95 Å². The molecule has 0 fully saturated rings. The Hall–Kier alpha value is -1.19. The van der Waals surface area contributed by atoms with E-state index in [9.17, 15) is 0 Å². The number of anilines is 1. The smallest absolute Gasteiger partial charge is 0.243 e. The van der Waals surface area contributed by atoms with Crippen LogP contribution in [-0.4, -0.2) is 21.2 Å². The molecular formula is C8H14N4. The van der Waals surface area contributed by atoms with Gasteiger partial charge in [0.25, 0.3) is 0 Å². The predicted molar refractivity (Wildman–Crippen MR) is 48.1 cm³/mol. The zero-order valence-electron chi connectivity index (χ0n) is 7.92. The van der Waals surface area contributed by atoms with E-state index in [0.717, 1.165) is 11.4 Å². The molecule has 0 aliphatic rings. The van der Waals surface area contributed by atoms with Crippen LogP contribution in [0, 0.1) is 13.8 Å². The third-order valence-electron chi connectivity index (χ3n) is 1.51. The van der Waals surface area contributed by atoms with E-state index >= 15 is 0 Å². The normalized spacial score (nSPS) is 10.4. The lowest BCUT2D eigenvalue weighted by Crippen LogP contribution is -2.14. The van der Waals surface area contributed by atoms with Gasteiger partial charge >= 0.3 is 0 Å². The van der Waals surface area contributed by atoms with Gasteiger partial charge in [-0.1, -0.05) is 0 Å². The Morgan fingerprint density at radius 3 is 2.25 bits per heavy atom. The Morgan fingerprint density at radius 2 is 1.75 bits per heavy atom. The van der Waals surface area contributed by atoms with Crippen LogP contribution >= 0.6 is 0 Å². The highest BCUT2D eigenvalue weighted by molar-refractivity contribution is 5.25. The molecule has 0 radical (unpaired) electrons. The summed E-state index contributed by atoms with van der Waals surface area (Å²) in [4.78, 5) is 4.23. The second kappa shape index (κ2) is 3.47. The van der Waals surface area contributed by atoms with Crippen LogP contribution in [0.25, 0.3) is 0 Å². The number of aromatic nitrogens is 3. The molecule has 0 bridgehead atoms. The van der Waals surface area contributed by atoms with Crippen molar-refractivity contribution in [3.8, 4) is 0 Å². The molecule has 0 aliphatic heterocycles. The van der Waals surface area contributed by atoms with Crippen molar-refractivity contribution in [2.75, 3.05) is 5.32 Å². The van der Waals surface area contributed by atoms with E-state index in [4.69, 9.17) is 0 Å². The molecule has 0 unspecified atom stereocenters. The van der Waals surface area contributed by atoms with Gasteiger partial charge in [-0.05, 0) is 27.7 Å². The minimum absolute atomic E-state index is 0.342. The fourth-order valence-corrected chi connectivity index (χ4v) is 0.776. The van der Waals surface area contributed by atoms with E-state index in [1.54, 1.807) is 0 Å². The molecule has 1 aromatic rings. The summed E-state index contributed by atoms with van der Waals surface area (Å²) in [5.41, 5.74) is 1.80. The minimum atomic E-state index is 0.342. The summed E-state index contributed by atoms with van der Waals surface area (Å²) in [6, 6.07) is 0.342. The third kappa shape index (κ3) is 2.15. The number of nitrogens with one attached hydrogen (secondary N) is 1. The molecule has 0 amide bonds. The number of aryl methyl sites for hydroxylation is 2. The molecule has 0 spiro atoms. The van der Waals surface area contributed by atoms with Gasteiger partial charge in [0.15, 0.2) is 0 Å². The highest BCUT2D eigenvalue weighted by atomic mass is 15.2. The summed E-state index contributed by atoms with van der Waals surface area (Å²) in [5.74, 6) is 0.605.